The number of amides is 1. The van der Waals surface area contributed by atoms with Gasteiger partial charge in [-0.25, -0.2) is 0 Å². The molecule has 1 atom stereocenters. The van der Waals surface area contributed by atoms with Crippen molar-refractivity contribution in [3.8, 4) is 0 Å². The van der Waals surface area contributed by atoms with Crippen molar-refractivity contribution < 1.29 is 9.52 Å². The molecule has 1 aromatic carbocycles. The first-order chi connectivity index (χ1) is 12.5. The lowest BCUT2D eigenvalue weighted by atomic mass is 9.76. The number of aromatic nitrogens is 1. The average Bonchev–Trinajstić information content (AvgIpc) is 2.79. The first-order valence-corrected chi connectivity index (χ1v) is 9.37. The van der Waals surface area contributed by atoms with Crippen LogP contribution in [0.4, 0.5) is 0 Å². The first-order valence-electron chi connectivity index (χ1n) is 8.99. The molecule has 4 rings (SSSR count). The third-order valence-corrected chi connectivity index (χ3v) is 5.84. The summed E-state index contributed by atoms with van der Waals surface area (Å²) in [5.74, 6) is 0.435. The Morgan fingerprint density at radius 3 is 2.65 bits per heavy atom. The zero-order chi connectivity index (χ0) is 18.3. The summed E-state index contributed by atoms with van der Waals surface area (Å²) in [6, 6.07) is 9.69. The van der Waals surface area contributed by atoms with Crippen molar-refractivity contribution in [3.63, 3.8) is 0 Å². The molecule has 1 unspecified atom stereocenters. The number of fused-ring (bicyclic) bond motifs is 2. The summed E-state index contributed by atoms with van der Waals surface area (Å²) in [7, 11) is 0. The van der Waals surface area contributed by atoms with E-state index in [9.17, 15) is 10.0 Å². The van der Waals surface area contributed by atoms with E-state index in [4.69, 9.17) is 11.6 Å². The maximum Gasteiger partial charge on any atom is 0.219 e. The molecule has 0 spiro atoms. The van der Waals surface area contributed by atoms with Gasteiger partial charge in [-0.1, -0.05) is 23.7 Å². The van der Waals surface area contributed by atoms with Crippen LogP contribution in [-0.2, 0) is 4.79 Å². The van der Waals surface area contributed by atoms with Crippen molar-refractivity contribution in [2.75, 3.05) is 13.1 Å². The van der Waals surface area contributed by atoms with Crippen LogP contribution in [0.1, 0.15) is 48.1 Å². The third-order valence-electron chi connectivity index (χ3n) is 5.61. The SMILES string of the molecule is CC(=O)N1CCC(C2c3ccc(Cl)cc3C=Cc3ccc[n+]([O-])c32)CC1. The van der Waals surface area contributed by atoms with Gasteiger partial charge in [-0.05, 0) is 54.2 Å². The molecule has 1 saturated heterocycles. The van der Waals surface area contributed by atoms with Gasteiger partial charge in [0, 0.05) is 36.7 Å². The second-order valence-electron chi connectivity index (χ2n) is 7.10. The Labute approximate surface area is 158 Å². The maximum absolute atomic E-state index is 12.7. The number of benzene rings is 1. The van der Waals surface area contributed by atoms with Crippen LogP contribution in [0.15, 0.2) is 36.5 Å². The van der Waals surface area contributed by atoms with Gasteiger partial charge in [-0.3, -0.25) is 4.79 Å². The molecule has 1 aromatic heterocycles. The van der Waals surface area contributed by atoms with Crippen LogP contribution in [0, 0.1) is 11.1 Å². The zero-order valence-corrected chi connectivity index (χ0v) is 15.4. The predicted molar refractivity (Wildman–Crippen MR) is 103 cm³/mol. The van der Waals surface area contributed by atoms with E-state index < -0.39 is 0 Å². The molecule has 5 heteroatoms. The molecule has 2 aromatic rings. The van der Waals surface area contributed by atoms with Crippen LogP contribution in [-0.4, -0.2) is 23.9 Å². The molecule has 0 N–H and O–H groups in total. The smallest absolute Gasteiger partial charge is 0.219 e. The predicted octanol–water partition coefficient (Wildman–Crippen LogP) is 3.85. The van der Waals surface area contributed by atoms with Crippen LogP contribution in [0.25, 0.3) is 12.2 Å². The molecular formula is C21H21ClN2O2. The van der Waals surface area contributed by atoms with Crippen LogP contribution < -0.4 is 4.73 Å². The maximum atomic E-state index is 12.7. The third kappa shape index (κ3) is 2.99. The fourth-order valence-corrected chi connectivity index (χ4v) is 4.48. The number of carbonyl (C=O) groups excluding carboxylic acids is 1. The summed E-state index contributed by atoms with van der Waals surface area (Å²) in [6.07, 6.45) is 7.40. The highest BCUT2D eigenvalue weighted by Crippen LogP contribution is 2.42. The van der Waals surface area contributed by atoms with Gasteiger partial charge >= 0.3 is 0 Å². The van der Waals surface area contributed by atoms with Crippen LogP contribution >= 0.6 is 11.6 Å². The highest BCUT2D eigenvalue weighted by molar-refractivity contribution is 6.30. The zero-order valence-electron chi connectivity index (χ0n) is 14.7. The van der Waals surface area contributed by atoms with Crippen molar-refractivity contribution >= 4 is 29.7 Å². The number of carbonyl (C=O) groups is 1. The Morgan fingerprint density at radius 2 is 1.92 bits per heavy atom. The minimum Gasteiger partial charge on any atom is -0.618 e. The van der Waals surface area contributed by atoms with Gasteiger partial charge in [0.05, 0.1) is 5.92 Å². The molecule has 0 bridgehead atoms. The van der Waals surface area contributed by atoms with Crippen LogP contribution in [0.5, 0.6) is 0 Å². The van der Waals surface area contributed by atoms with E-state index in [1.54, 1.807) is 19.2 Å². The highest BCUT2D eigenvalue weighted by Gasteiger charge is 2.37. The summed E-state index contributed by atoms with van der Waals surface area (Å²) in [6.45, 7) is 3.11. The molecule has 134 valence electrons. The standard InChI is InChI=1S/C21H21ClN2O2/c1-14(25)23-11-8-15(9-12-23)20-19-7-6-18(22)13-17(19)5-4-16-3-2-10-24(26)21(16)20/h2-7,10,13,15,20H,8-9,11-12H2,1H3. The van der Waals surface area contributed by atoms with Gasteiger partial charge in [0.2, 0.25) is 11.6 Å². The highest BCUT2D eigenvalue weighted by atomic mass is 35.5. The fraction of sp³-hybridized carbons (Fsp3) is 0.333. The molecule has 1 fully saturated rings. The van der Waals surface area contributed by atoms with E-state index in [1.807, 2.05) is 41.3 Å². The molecular weight excluding hydrogens is 348 g/mol. The van der Waals surface area contributed by atoms with Crippen molar-refractivity contribution in [1.29, 1.82) is 0 Å². The molecule has 1 aliphatic carbocycles. The van der Waals surface area contributed by atoms with Crippen molar-refractivity contribution in [3.05, 3.63) is 69.1 Å². The molecule has 26 heavy (non-hydrogen) atoms. The van der Waals surface area contributed by atoms with E-state index >= 15 is 0 Å². The Balaban J connectivity index is 1.80. The van der Waals surface area contributed by atoms with Gasteiger partial charge < -0.3 is 10.1 Å². The number of halogens is 1. The lowest BCUT2D eigenvalue weighted by Gasteiger charge is -2.35. The van der Waals surface area contributed by atoms with Crippen molar-refractivity contribution in [1.82, 2.24) is 4.90 Å². The van der Waals surface area contributed by atoms with Crippen LogP contribution in [0.3, 0.4) is 0 Å². The number of nitrogens with zero attached hydrogens (tertiary/aromatic N) is 2. The number of hydrogen-bond donors (Lipinski definition) is 0. The minimum absolute atomic E-state index is 0.0000693. The van der Waals surface area contributed by atoms with Gasteiger partial charge in [0.25, 0.3) is 0 Å². The number of pyridine rings is 1. The summed E-state index contributed by atoms with van der Waals surface area (Å²) >= 11 is 6.21. The topological polar surface area (TPSA) is 47.2 Å². The van der Waals surface area contributed by atoms with E-state index in [0.717, 1.165) is 53.0 Å². The van der Waals surface area contributed by atoms with Crippen molar-refractivity contribution in [2.45, 2.75) is 25.7 Å². The molecule has 0 saturated carbocycles. The molecule has 1 amide bonds. The Bertz CT molecular complexity index is 886. The minimum atomic E-state index is 0.0000693. The average molecular weight is 369 g/mol. The first kappa shape index (κ1) is 17.1. The summed E-state index contributed by atoms with van der Waals surface area (Å²) in [5.41, 5.74) is 3.95. The number of likely N-dealkylation sites (tertiary alicyclic amines) is 1. The summed E-state index contributed by atoms with van der Waals surface area (Å²) in [4.78, 5) is 13.6. The van der Waals surface area contributed by atoms with Gasteiger partial charge in [-0.15, -0.1) is 0 Å². The molecule has 1 aliphatic heterocycles. The molecule has 0 radical (unpaired) electrons. The lowest BCUT2D eigenvalue weighted by Crippen LogP contribution is -2.42. The Morgan fingerprint density at radius 1 is 1.19 bits per heavy atom. The molecule has 4 nitrogen and oxygen atoms in total. The Kier molecular flexibility index (Phi) is 4.45. The van der Waals surface area contributed by atoms with E-state index in [2.05, 4.69) is 0 Å². The summed E-state index contributed by atoms with van der Waals surface area (Å²) < 4.78 is 1.01. The van der Waals surface area contributed by atoms with Crippen LogP contribution in [0.2, 0.25) is 5.02 Å². The van der Waals surface area contributed by atoms with Gasteiger partial charge in [-0.2, -0.15) is 4.73 Å². The van der Waals surface area contributed by atoms with Crippen molar-refractivity contribution in [2.24, 2.45) is 5.92 Å². The normalized spacial score (nSPS) is 19.6. The van der Waals surface area contributed by atoms with Gasteiger partial charge in [0.1, 0.15) is 0 Å². The second-order valence-corrected chi connectivity index (χ2v) is 7.54. The van der Waals surface area contributed by atoms with Gasteiger partial charge in [0.15, 0.2) is 6.20 Å². The molecule has 2 heterocycles. The number of rotatable bonds is 1. The largest absolute Gasteiger partial charge is 0.618 e. The molecule has 2 aliphatic rings. The Hall–Kier alpha value is -2.33. The number of piperidine rings is 1. The second kappa shape index (κ2) is 6.76. The fourth-order valence-electron chi connectivity index (χ4n) is 4.30. The lowest BCUT2D eigenvalue weighted by molar-refractivity contribution is -0.615. The van der Waals surface area contributed by atoms with E-state index in [1.165, 1.54) is 0 Å². The monoisotopic (exact) mass is 368 g/mol. The van der Waals surface area contributed by atoms with E-state index in [-0.39, 0.29) is 11.8 Å². The van der Waals surface area contributed by atoms with E-state index in [0.29, 0.717) is 10.9 Å². The number of hydrogen-bond acceptors (Lipinski definition) is 2. The quantitative estimate of drug-likeness (QED) is 0.567. The summed E-state index contributed by atoms with van der Waals surface area (Å²) in [5, 5.41) is 13.4.